The average molecular weight is 141 g/mol. The van der Waals surface area contributed by atoms with E-state index in [4.69, 9.17) is 4.74 Å². The molecule has 2 rings (SSSR count). The molecular weight excluding hydrogens is 126 g/mol. The maximum Gasteiger partial charge on any atom is 0.0513 e. The fourth-order valence-electron chi connectivity index (χ4n) is 1.87. The van der Waals surface area contributed by atoms with Gasteiger partial charge in [0.2, 0.25) is 0 Å². The lowest BCUT2D eigenvalue weighted by atomic mass is 10.3. The van der Waals surface area contributed by atoms with Crippen LogP contribution in [0.5, 0.6) is 0 Å². The molecule has 2 aliphatic rings. The second-order valence-corrected chi connectivity index (χ2v) is 3.71. The van der Waals surface area contributed by atoms with Crippen LogP contribution in [0.4, 0.5) is 0 Å². The zero-order valence-corrected chi connectivity index (χ0v) is 6.63. The Labute approximate surface area is 61.9 Å². The van der Waals surface area contributed by atoms with Crippen LogP contribution in [0, 0.1) is 11.8 Å². The summed E-state index contributed by atoms with van der Waals surface area (Å²) < 4.78 is 5.28. The van der Waals surface area contributed by atoms with Crippen molar-refractivity contribution in [3.05, 3.63) is 0 Å². The normalized spacial score (nSPS) is 44.1. The van der Waals surface area contributed by atoms with Crippen LogP contribution in [0.15, 0.2) is 0 Å². The Morgan fingerprint density at radius 3 is 2.40 bits per heavy atom. The zero-order chi connectivity index (χ0) is 7.14. The number of nitrogens with one attached hydrogen (secondary N) is 1. The summed E-state index contributed by atoms with van der Waals surface area (Å²) in [5.41, 5.74) is 0. The maximum absolute atomic E-state index is 5.28. The number of ether oxygens (including phenoxy) is 1. The van der Waals surface area contributed by atoms with Gasteiger partial charge in [-0.25, -0.2) is 0 Å². The van der Waals surface area contributed by atoms with Crippen molar-refractivity contribution in [1.82, 2.24) is 5.32 Å². The summed E-state index contributed by atoms with van der Waals surface area (Å²) in [7, 11) is 0. The lowest BCUT2D eigenvalue weighted by Crippen LogP contribution is -2.29. The average Bonchev–Trinajstić information content (AvgIpc) is 2.40. The third-order valence-corrected chi connectivity index (χ3v) is 2.48. The monoisotopic (exact) mass is 141 g/mol. The summed E-state index contributed by atoms with van der Waals surface area (Å²) >= 11 is 0. The molecule has 1 N–H and O–H groups in total. The molecule has 2 heteroatoms. The van der Waals surface area contributed by atoms with E-state index >= 15 is 0 Å². The highest BCUT2D eigenvalue weighted by atomic mass is 16.5. The first-order valence-corrected chi connectivity index (χ1v) is 4.13. The van der Waals surface area contributed by atoms with Crippen molar-refractivity contribution in [2.24, 2.45) is 11.8 Å². The molecule has 1 saturated carbocycles. The number of hydrogen-bond donors (Lipinski definition) is 1. The molecule has 0 radical (unpaired) electrons. The molecule has 0 spiro atoms. The van der Waals surface area contributed by atoms with Crippen LogP contribution in [-0.4, -0.2) is 25.3 Å². The van der Waals surface area contributed by atoms with E-state index < -0.39 is 0 Å². The molecule has 1 aliphatic carbocycles. The van der Waals surface area contributed by atoms with Crippen LogP contribution in [-0.2, 0) is 4.74 Å². The van der Waals surface area contributed by atoms with Gasteiger partial charge in [-0.1, -0.05) is 13.8 Å². The van der Waals surface area contributed by atoms with E-state index in [9.17, 15) is 0 Å². The molecule has 0 aromatic rings. The Morgan fingerprint density at radius 2 is 1.90 bits per heavy atom. The van der Waals surface area contributed by atoms with Gasteiger partial charge in [0.05, 0.1) is 13.2 Å². The van der Waals surface area contributed by atoms with Crippen molar-refractivity contribution in [3.8, 4) is 0 Å². The first-order valence-electron chi connectivity index (χ1n) is 4.13. The van der Waals surface area contributed by atoms with E-state index in [2.05, 4.69) is 19.2 Å². The van der Waals surface area contributed by atoms with E-state index in [1.807, 2.05) is 0 Å². The van der Waals surface area contributed by atoms with Crippen LogP contribution in [0.25, 0.3) is 0 Å². The quantitative estimate of drug-likeness (QED) is 0.609. The second-order valence-electron chi connectivity index (χ2n) is 3.71. The minimum Gasteiger partial charge on any atom is -0.381 e. The number of hydrogen-bond acceptors (Lipinski definition) is 2. The van der Waals surface area contributed by atoms with Crippen molar-refractivity contribution in [2.75, 3.05) is 13.2 Å². The van der Waals surface area contributed by atoms with Gasteiger partial charge in [-0.05, 0) is 0 Å². The van der Waals surface area contributed by atoms with Crippen LogP contribution in [0.3, 0.4) is 0 Å². The molecule has 1 unspecified atom stereocenters. The molecule has 58 valence electrons. The minimum absolute atomic E-state index is 0.635. The maximum atomic E-state index is 5.28. The van der Waals surface area contributed by atoms with E-state index in [1.165, 1.54) is 0 Å². The molecule has 10 heavy (non-hydrogen) atoms. The molecule has 0 amide bonds. The van der Waals surface area contributed by atoms with Gasteiger partial charge in [-0.15, -0.1) is 0 Å². The summed E-state index contributed by atoms with van der Waals surface area (Å²) in [5.74, 6) is 1.70. The molecule has 1 heterocycles. The fourth-order valence-corrected chi connectivity index (χ4v) is 1.87. The first kappa shape index (κ1) is 6.62. The summed E-state index contributed by atoms with van der Waals surface area (Å²) in [6.07, 6.45) is 0. The van der Waals surface area contributed by atoms with Crippen LogP contribution in [0.1, 0.15) is 13.8 Å². The summed E-state index contributed by atoms with van der Waals surface area (Å²) in [6, 6.07) is 1.42. The topological polar surface area (TPSA) is 21.3 Å². The van der Waals surface area contributed by atoms with Gasteiger partial charge in [0.25, 0.3) is 0 Å². The Kier molecular flexibility index (Phi) is 1.46. The van der Waals surface area contributed by atoms with Crippen molar-refractivity contribution in [2.45, 2.75) is 25.9 Å². The lowest BCUT2D eigenvalue weighted by molar-refractivity contribution is 0.155. The molecule has 1 aliphatic heterocycles. The Hall–Kier alpha value is -0.0800. The SMILES string of the molecule is CC(C)NC1[C@H]2COC[C@@H]12. The molecule has 0 bridgehead atoms. The predicted molar refractivity (Wildman–Crippen MR) is 39.9 cm³/mol. The summed E-state index contributed by atoms with van der Waals surface area (Å²) in [6.45, 7) is 6.40. The Balaban J connectivity index is 1.79. The lowest BCUT2D eigenvalue weighted by Gasteiger charge is -2.09. The van der Waals surface area contributed by atoms with Gasteiger partial charge >= 0.3 is 0 Å². The Bertz CT molecular complexity index is 125. The summed E-state index contributed by atoms with van der Waals surface area (Å²) in [4.78, 5) is 0. The van der Waals surface area contributed by atoms with E-state index in [0.29, 0.717) is 6.04 Å². The van der Waals surface area contributed by atoms with Crippen molar-refractivity contribution < 1.29 is 4.74 Å². The van der Waals surface area contributed by atoms with Gasteiger partial charge in [0.1, 0.15) is 0 Å². The van der Waals surface area contributed by atoms with E-state index in [-0.39, 0.29) is 0 Å². The van der Waals surface area contributed by atoms with Crippen LogP contribution in [0.2, 0.25) is 0 Å². The van der Waals surface area contributed by atoms with Gasteiger partial charge in [-0.2, -0.15) is 0 Å². The largest absolute Gasteiger partial charge is 0.381 e. The molecule has 0 aromatic heterocycles. The zero-order valence-electron chi connectivity index (χ0n) is 6.63. The number of fused-ring (bicyclic) bond motifs is 1. The molecule has 2 nitrogen and oxygen atoms in total. The highest BCUT2D eigenvalue weighted by Gasteiger charge is 2.53. The second kappa shape index (κ2) is 2.21. The van der Waals surface area contributed by atoms with Crippen LogP contribution >= 0.6 is 0 Å². The van der Waals surface area contributed by atoms with E-state index in [0.717, 1.165) is 31.1 Å². The van der Waals surface area contributed by atoms with Crippen molar-refractivity contribution >= 4 is 0 Å². The highest BCUT2D eigenvalue weighted by Crippen LogP contribution is 2.44. The third kappa shape index (κ3) is 0.956. The number of rotatable bonds is 2. The third-order valence-electron chi connectivity index (χ3n) is 2.48. The minimum atomic E-state index is 0.635. The van der Waals surface area contributed by atoms with Crippen molar-refractivity contribution in [1.29, 1.82) is 0 Å². The van der Waals surface area contributed by atoms with Gasteiger partial charge in [0, 0.05) is 23.9 Å². The molecule has 1 saturated heterocycles. The molecular formula is C8H15NO. The van der Waals surface area contributed by atoms with E-state index in [1.54, 1.807) is 0 Å². The smallest absolute Gasteiger partial charge is 0.0513 e. The van der Waals surface area contributed by atoms with Gasteiger partial charge in [0.15, 0.2) is 0 Å². The van der Waals surface area contributed by atoms with Gasteiger partial charge < -0.3 is 10.1 Å². The molecule has 0 aromatic carbocycles. The Morgan fingerprint density at radius 1 is 1.30 bits per heavy atom. The highest BCUT2D eigenvalue weighted by molar-refractivity contribution is 5.06. The predicted octanol–water partition coefficient (Wildman–Crippen LogP) is 0.629. The van der Waals surface area contributed by atoms with Gasteiger partial charge in [-0.3, -0.25) is 0 Å². The molecule has 3 atom stereocenters. The first-order chi connectivity index (χ1) is 4.79. The van der Waals surface area contributed by atoms with Crippen LogP contribution < -0.4 is 5.32 Å². The molecule has 2 fully saturated rings. The standard InChI is InChI=1S/C8H15NO/c1-5(2)9-8-6-3-10-4-7(6)8/h5-9H,3-4H2,1-2H3/t6-,7+,8?. The van der Waals surface area contributed by atoms with Crippen molar-refractivity contribution in [3.63, 3.8) is 0 Å². The fraction of sp³-hybridized carbons (Fsp3) is 1.00. The summed E-state index contributed by atoms with van der Waals surface area (Å²) in [5, 5.41) is 3.54.